The van der Waals surface area contributed by atoms with Gasteiger partial charge < -0.3 is 14.2 Å². The van der Waals surface area contributed by atoms with Gasteiger partial charge in [-0.05, 0) is 56.9 Å². The van der Waals surface area contributed by atoms with Crippen LogP contribution in [0.2, 0.25) is 0 Å². The van der Waals surface area contributed by atoms with Gasteiger partial charge in [-0.2, -0.15) is 0 Å². The molecule has 28 heavy (non-hydrogen) atoms. The smallest absolute Gasteiger partial charge is 0.308 e. The summed E-state index contributed by atoms with van der Waals surface area (Å²) in [6.45, 7) is 8.33. The molecule has 0 aliphatic heterocycles. The number of hydrogen-bond acceptors (Lipinski definition) is 6. The molecule has 1 rings (SSSR count). The van der Waals surface area contributed by atoms with E-state index in [9.17, 15) is 14.4 Å². The second kappa shape index (κ2) is 11.7. The number of allylic oxidation sites excluding steroid dienone is 3. The number of esters is 3. The van der Waals surface area contributed by atoms with E-state index < -0.39 is 11.9 Å². The quantitative estimate of drug-likeness (QED) is 0.356. The van der Waals surface area contributed by atoms with Crippen LogP contribution in [0.5, 0.6) is 11.5 Å². The molecule has 1 aromatic carbocycles. The lowest BCUT2D eigenvalue weighted by molar-refractivity contribution is -0.140. The fourth-order valence-electron chi connectivity index (χ4n) is 2.41. The molecular formula is C22H28O6. The molecule has 6 nitrogen and oxygen atoms in total. The minimum Gasteiger partial charge on any atom is -0.461 e. The summed E-state index contributed by atoms with van der Waals surface area (Å²) in [5, 5.41) is 0. The maximum Gasteiger partial charge on any atom is 0.308 e. The average molecular weight is 388 g/mol. The van der Waals surface area contributed by atoms with Crippen LogP contribution in [0.1, 0.15) is 53.0 Å². The predicted octanol–water partition coefficient (Wildman–Crippen LogP) is 4.32. The Balaban J connectivity index is 2.75. The first-order chi connectivity index (χ1) is 13.2. The van der Waals surface area contributed by atoms with Gasteiger partial charge in [0.15, 0.2) is 0 Å². The Bertz CT molecular complexity index is 773. The van der Waals surface area contributed by atoms with Crippen molar-refractivity contribution in [2.24, 2.45) is 0 Å². The van der Waals surface area contributed by atoms with Crippen LogP contribution in [0.15, 0.2) is 41.5 Å². The van der Waals surface area contributed by atoms with Crippen molar-refractivity contribution in [2.75, 3.05) is 6.61 Å². The summed E-state index contributed by atoms with van der Waals surface area (Å²) in [6.07, 6.45) is 6.32. The number of ether oxygens (including phenoxy) is 3. The highest BCUT2D eigenvalue weighted by Gasteiger charge is 2.09. The molecular weight excluding hydrogens is 360 g/mol. The number of rotatable bonds is 9. The Morgan fingerprint density at radius 2 is 1.54 bits per heavy atom. The number of carbonyl (C=O) groups excluding carboxylic acids is 3. The first-order valence-corrected chi connectivity index (χ1v) is 9.11. The van der Waals surface area contributed by atoms with Gasteiger partial charge in [-0.1, -0.05) is 17.7 Å². The van der Waals surface area contributed by atoms with Crippen molar-refractivity contribution in [3.05, 3.63) is 47.1 Å². The Labute approximate surface area is 166 Å². The van der Waals surface area contributed by atoms with Crippen LogP contribution in [0.4, 0.5) is 0 Å². The minimum absolute atomic E-state index is 0.289. The third-order valence-corrected chi connectivity index (χ3v) is 3.75. The van der Waals surface area contributed by atoms with Crippen LogP contribution in [0.3, 0.4) is 0 Å². The standard InChI is InChI=1S/C22H28O6/c1-15(7-6-8-16(2)14-26-17(3)23)9-10-20-13-21(27-18(4)24)11-12-22(20)28-19(5)25/h8-9,11-13H,6-7,10,14H2,1-5H3. The van der Waals surface area contributed by atoms with E-state index in [1.165, 1.54) is 26.3 Å². The van der Waals surface area contributed by atoms with Crippen LogP contribution in [-0.4, -0.2) is 24.5 Å². The van der Waals surface area contributed by atoms with E-state index in [1.807, 2.05) is 19.9 Å². The van der Waals surface area contributed by atoms with Crippen LogP contribution >= 0.6 is 0 Å². The van der Waals surface area contributed by atoms with Crippen molar-refractivity contribution in [1.82, 2.24) is 0 Å². The zero-order valence-electron chi connectivity index (χ0n) is 17.2. The van der Waals surface area contributed by atoms with E-state index in [0.29, 0.717) is 24.5 Å². The Morgan fingerprint density at radius 1 is 0.857 bits per heavy atom. The molecule has 0 spiro atoms. The zero-order chi connectivity index (χ0) is 21.1. The van der Waals surface area contributed by atoms with Crippen LogP contribution in [-0.2, 0) is 25.5 Å². The maximum atomic E-state index is 11.3. The molecule has 0 atom stereocenters. The third kappa shape index (κ3) is 9.71. The van der Waals surface area contributed by atoms with E-state index in [2.05, 4.69) is 6.08 Å². The molecule has 0 fully saturated rings. The number of carbonyl (C=O) groups is 3. The number of benzene rings is 1. The first kappa shape index (κ1) is 23.1. The summed E-state index contributed by atoms with van der Waals surface area (Å²) in [6, 6.07) is 4.92. The van der Waals surface area contributed by atoms with E-state index in [-0.39, 0.29) is 5.97 Å². The van der Waals surface area contributed by atoms with Gasteiger partial charge in [0.25, 0.3) is 0 Å². The normalized spacial score (nSPS) is 11.8. The maximum absolute atomic E-state index is 11.3. The fourth-order valence-corrected chi connectivity index (χ4v) is 2.41. The van der Waals surface area contributed by atoms with Gasteiger partial charge in [0, 0.05) is 26.3 Å². The van der Waals surface area contributed by atoms with E-state index in [0.717, 1.165) is 24.0 Å². The van der Waals surface area contributed by atoms with Gasteiger partial charge in [0.2, 0.25) is 0 Å². The van der Waals surface area contributed by atoms with Gasteiger partial charge in [0.1, 0.15) is 18.1 Å². The van der Waals surface area contributed by atoms with Crippen molar-refractivity contribution in [3.8, 4) is 11.5 Å². The molecule has 0 aliphatic rings. The summed E-state index contributed by atoms with van der Waals surface area (Å²) >= 11 is 0. The summed E-state index contributed by atoms with van der Waals surface area (Å²) in [5.41, 5.74) is 2.94. The third-order valence-electron chi connectivity index (χ3n) is 3.75. The average Bonchev–Trinajstić information content (AvgIpc) is 2.59. The van der Waals surface area contributed by atoms with Gasteiger partial charge in [-0.3, -0.25) is 14.4 Å². The molecule has 0 saturated heterocycles. The van der Waals surface area contributed by atoms with Crippen LogP contribution < -0.4 is 9.47 Å². The molecule has 0 aliphatic carbocycles. The van der Waals surface area contributed by atoms with E-state index in [1.54, 1.807) is 18.2 Å². The van der Waals surface area contributed by atoms with Crippen molar-refractivity contribution in [3.63, 3.8) is 0 Å². The predicted molar refractivity (Wildman–Crippen MR) is 106 cm³/mol. The highest BCUT2D eigenvalue weighted by Crippen LogP contribution is 2.26. The van der Waals surface area contributed by atoms with Crippen molar-refractivity contribution in [1.29, 1.82) is 0 Å². The van der Waals surface area contributed by atoms with E-state index >= 15 is 0 Å². The molecule has 0 bridgehead atoms. The molecule has 0 saturated carbocycles. The molecule has 0 unspecified atom stereocenters. The fraction of sp³-hybridized carbons (Fsp3) is 0.409. The number of hydrogen-bond donors (Lipinski definition) is 0. The molecule has 1 aromatic rings. The minimum atomic E-state index is -0.409. The lowest BCUT2D eigenvalue weighted by atomic mass is 10.0. The monoisotopic (exact) mass is 388 g/mol. The Kier molecular flexibility index (Phi) is 9.71. The topological polar surface area (TPSA) is 78.9 Å². The lowest BCUT2D eigenvalue weighted by Crippen LogP contribution is -2.06. The molecule has 0 radical (unpaired) electrons. The summed E-state index contributed by atoms with van der Waals surface area (Å²) in [5.74, 6) is -0.245. The van der Waals surface area contributed by atoms with Crippen molar-refractivity contribution in [2.45, 2.75) is 53.9 Å². The summed E-state index contributed by atoms with van der Waals surface area (Å²) < 4.78 is 15.3. The molecule has 0 N–H and O–H groups in total. The largest absolute Gasteiger partial charge is 0.461 e. The molecule has 0 amide bonds. The Morgan fingerprint density at radius 3 is 2.14 bits per heavy atom. The van der Waals surface area contributed by atoms with Gasteiger partial charge in [0.05, 0.1) is 0 Å². The van der Waals surface area contributed by atoms with Crippen LogP contribution in [0, 0.1) is 0 Å². The van der Waals surface area contributed by atoms with Gasteiger partial charge in [-0.15, -0.1) is 0 Å². The van der Waals surface area contributed by atoms with Crippen molar-refractivity contribution >= 4 is 17.9 Å². The van der Waals surface area contributed by atoms with E-state index in [4.69, 9.17) is 14.2 Å². The second-order valence-corrected chi connectivity index (χ2v) is 6.58. The first-order valence-electron chi connectivity index (χ1n) is 9.11. The Hall–Kier alpha value is -2.89. The van der Waals surface area contributed by atoms with Crippen molar-refractivity contribution < 1.29 is 28.6 Å². The highest BCUT2D eigenvalue weighted by atomic mass is 16.5. The molecule has 0 heterocycles. The highest BCUT2D eigenvalue weighted by molar-refractivity contribution is 5.71. The summed E-state index contributed by atoms with van der Waals surface area (Å²) in [7, 11) is 0. The molecule has 6 heteroatoms. The lowest BCUT2D eigenvalue weighted by Gasteiger charge is -2.10. The molecule has 152 valence electrons. The SMILES string of the molecule is CC(=O)OCC(C)=CCCC(C)=CCc1cc(OC(C)=O)ccc1OC(C)=O. The molecule has 0 aromatic heterocycles. The zero-order valence-corrected chi connectivity index (χ0v) is 17.2. The summed E-state index contributed by atoms with van der Waals surface area (Å²) in [4.78, 5) is 33.3. The van der Waals surface area contributed by atoms with Crippen LogP contribution in [0.25, 0.3) is 0 Å². The van der Waals surface area contributed by atoms with Gasteiger partial charge >= 0.3 is 17.9 Å². The van der Waals surface area contributed by atoms with Gasteiger partial charge in [-0.25, -0.2) is 0 Å². The second-order valence-electron chi connectivity index (χ2n) is 6.58.